The number of hydrogen-bond donors (Lipinski definition) is 0. The summed E-state index contributed by atoms with van der Waals surface area (Å²) in [6, 6.07) is 0.383. The summed E-state index contributed by atoms with van der Waals surface area (Å²) in [5.74, 6) is 1.11. The molecule has 0 bridgehead atoms. The molecular formula is C13H21NO. The second kappa shape index (κ2) is 4.48. The molecule has 84 valence electrons. The molecule has 1 aliphatic heterocycles. The fourth-order valence-corrected chi connectivity index (χ4v) is 3.07. The van der Waals surface area contributed by atoms with E-state index in [1.54, 1.807) is 6.92 Å². The van der Waals surface area contributed by atoms with Crippen molar-refractivity contribution in [2.75, 3.05) is 13.1 Å². The normalized spacial score (nSPS) is 37.1. The Bertz CT molecular complexity index is 266. The zero-order chi connectivity index (χ0) is 10.8. The largest absolute Gasteiger partial charge is 0.300 e. The number of carbonyl (C=O) groups excluding carboxylic acids is 1. The molecule has 0 amide bonds. The van der Waals surface area contributed by atoms with Crippen molar-refractivity contribution in [2.45, 2.75) is 39.2 Å². The highest BCUT2D eigenvalue weighted by molar-refractivity contribution is 5.80. The van der Waals surface area contributed by atoms with Crippen LogP contribution in [-0.2, 0) is 4.79 Å². The third-order valence-corrected chi connectivity index (χ3v) is 3.85. The molecule has 1 heterocycles. The second-order valence-corrected chi connectivity index (χ2v) is 5.01. The Kier molecular flexibility index (Phi) is 3.25. The molecule has 1 fully saturated rings. The molecule has 3 atom stereocenters. The Balaban J connectivity index is 2.15. The van der Waals surface area contributed by atoms with E-state index in [9.17, 15) is 4.79 Å². The maximum Gasteiger partial charge on any atom is 0.135 e. The van der Waals surface area contributed by atoms with E-state index in [2.05, 4.69) is 24.0 Å². The minimum Gasteiger partial charge on any atom is -0.300 e. The first-order chi connectivity index (χ1) is 7.20. The van der Waals surface area contributed by atoms with E-state index in [0.29, 0.717) is 17.7 Å². The third-order valence-electron chi connectivity index (χ3n) is 3.85. The highest BCUT2D eigenvalue weighted by Gasteiger charge is 2.35. The summed E-state index contributed by atoms with van der Waals surface area (Å²) < 4.78 is 0. The Morgan fingerprint density at radius 3 is 2.60 bits per heavy atom. The van der Waals surface area contributed by atoms with Gasteiger partial charge in [-0.1, -0.05) is 19.1 Å². The number of likely N-dealkylation sites (tertiary alicyclic amines) is 1. The molecule has 0 aromatic carbocycles. The molecule has 2 rings (SSSR count). The molecule has 0 aromatic heterocycles. The van der Waals surface area contributed by atoms with E-state index in [-0.39, 0.29) is 5.92 Å². The van der Waals surface area contributed by atoms with Crippen LogP contribution in [0.25, 0.3) is 0 Å². The van der Waals surface area contributed by atoms with Gasteiger partial charge in [-0.15, -0.1) is 0 Å². The minimum atomic E-state index is 0.230. The number of hydrogen-bond acceptors (Lipinski definition) is 2. The van der Waals surface area contributed by atoms with Crippen LogP contribution < -0.4 is 0 Å². The SMILES string of the molecule is CC(=O)[C@H]1C(N2CCCC2)C=CC[C@@H]1C. The summed E-state index contributed by atoms with van der Waals surface area (Å²) in [5.41, 5.74) is 0. The van der Waals surface area contributed by atoms with Gasteiger partial charge in [0.25, 0.3) is 0 Å². The Morgan fingerprint density at radius 2 is 2.00 bits per heavy atom. The van der Waals surface area contributed by atoms with Crippen molar-refractivity contribution in [1.82, 2.24) is 4.90 Å². The highest BCUT2D eigenvalue weighted by atomic mass is 16.1. The summed E-state index contributed by atoms with van der Waals surface area (Å²) in [7, 11) is 0. The fourth-order valence-electron chi connectivity index (χ4n) is 3.07. The average molecular weight is 207 g/mol. The van der Waals surface area contributed by atoms with Gasteiger partial charge in [-0.3, -0.25) is 9.69 Å². The van der Waals surface area contributed by atoms with Gasteiger partial charge in [0, 0.05) is 12.0 Å². The van der Waals surface area contributed by atoms with E-state index >= 15 is 0 Å². The molecule has 2 aliphatic rings. The molecule has 0 saturated carbocycles. The van der Waals surface area contributed by atoms with Crippen LogP contribution in [-0.4, -0.2) is 29.8 Å². The molecule has 1 unspecified atom stereocenters. The van der Waals surface area contributed by atoms with E-state index in [1.807, 2.05) is 0 Å². The number of rotatable bonds is 2. The van der Waals surface area contributed by atoms with Crippen LogP contribution in [0.4, 0.5) is 0 Å². The number of carbonyl (C=O) groups is 1. The maximum absolute atomic E-state index is 11.7. The molecule has 0 aromatic rings. The zero-order valence-electron chi connectivity index (χ0n) is 9.78. The average Bonchev–Trinajstić information content (AvgIpc) is 2.69. The van der Waals surface area contributed by atoms with Crippen LogP contribution in [0, 0.1) is 11.8 Å². The first-order valence-corrected chi connectivity index (χ1v) is 6.11. The van der Waals surface area contributed by atoms with Crippen molar-refractivity contribution in [1.29, 1.82) is 0 Å². The maximum atomic E-state index is 11.7. The van der Waals surface area contributed by atoms with Crippen LogP contribution >= 0.6 is 0 Å². The summed E-state index contributed by atoms with van der Waals surface area (Å²) in [4.78, 5) is 14.2. The predicted molar refractivity (Wildman–Crippen MR) is 61.7 cm³/mol. The smallest absolute Gasteiger partial charge is 0.135 e. The monoisotopic (exact) mass is 207 g/mol. The van der Waals surface area contributed by atoms with Crippen molar-refractivity contribution in [3.8, 4) is 0 Å². The van der Waals surface area contributed by atoms with Gasteiger partial charge in [-0.25, -0.2) is 0 Å². The quantitative estimate of drug-likeness (QED) is 0.647. The first-order valence-electron chi connectivity index (χ1n) is 6.11. The van der Waals surface area contributed by atoms with E-state index < -0.39 is 0 Å². The Labute approximate surface area is 92.3 Å². The highest BCUT2D eigenvalue weighted by Crippen LogP contribution is 2.31. The van der Waals surface area contributed by atoms with Crippen molar-refractivity contribution in [2.24, 2.45) is 11.8 Å². The van der Waals surface area contributed by atoms with Gasteiger partial charge < -0.3 is 0 Å². The van der Waals surface area contributed by atoms with Crippen LogP contribution in [0.15, 0.2) is 12.2 Å². The minimum absolute atomic E-state index is 0.230. The molecule has 1 aliphatic carbocycles. The summed E-state index contributed by atoms with van der Waals surface area (Å²) in [5, 5.41) is 0. The van der Waals surface area contributed by atoms with Gasteiger partial charge in [0.05, 0.1) is 0 Å². The summed E-state index contributed by atoms with van der Waals surface area (Å²) in [6.07, 6.45) is 8.17. The molecule has 1 saturated heterocycles. The third kappa shape index (κ3) is 2.15. The van der Waals surface area contributed by atoms with Gasteiger partial charge in [0.1, 0.15) is 5.78 Å². The zero-order valence-corrected chi connectivity index (χ0v) is 9.78. The van der Waals surface area contributed by atoms with Crippen molar-refractivity contribution < 1.29 is 4.79 Å². The second-order valence-electron chi connectivity index (χ2n) is 5.01. The lowest BCUT2D eigenvalue weighted by molar-refractivity contribution is -0.124. The number of Topliss-reactive ketones (excluding diaryl/α,β-unsaturated/α-hetero) is 1. The van der Waals surface area contributed by atoms with Crippen molar-refractivity contribution in [3.63, 3.8) is 0 Å². The van der Waals surface area contributed by atoms with Gasteiger partial charge in [0.2, 0.25) is 0 Å². The predicted octanol–water partition coefficient (Wildman–Crippen LogP) is 2.25. The van der Waals surface area contributed by atoms with Crippen LogP contribution in [0.1, 0.15) is 33.1 Å². The van der Waals surface area contributed by atoms with Crippen molar-refractivity contribution >= 4 is 5.78 Å². The topological polar surface area (TPSA) is 20.3 Å². The van der Waals surface area contributed by atoms with Crippen molar-refractivity contribution in [3.05, 3.63) is 12.2 Å². The van der Waals surface area contributed by atoms with Crippen LogP contribution in [0.3, 0.4) is 0 Å². The molecule has 2 heteroatoms. The molecule has 2 nitrogen and oxygen atoms in total. The number of allylic oxidation sites excluding steroid dienone is 1. The van der Waals surface area contributed by atoms with Gasteiger partial charge >= 0.3 is 0 Å². The Hall–Kier alpha value is -0.630. The molecular weight excluding hydrogens is 186 g/mol. The lowest BCUT2D eigenvalue weighted by atomic mass is 9.78. The fraction of sp³-hybridized carbons (Fsp3) is 0.769. The molecule has 0 radical (unpaired) electrons. The van der Waals surface area contributed by atoms with Gasteiger partial charge in [-0.2, -0.15) is 0 Å². The Morgan fingerprint density at radius 1 is 1.33 bits per heavy atom. The van der Waals surface area contributed by atoms with E-state index in [1.165, 1.54) is 25.9 Å². The lowest BCUT2D eigenvalue weighted by Gasteiger charge is -2.36. The summed E-state index contributed by atoms with van der Waals surface area (Å²) in [6.45, 7) is 6.30. The number of nitrogens with zero attached hydrogens (tertiary/aromatic N) is 1. The van der Waals surface area contributed by atoms with E-state index in [4.69, 9.17) is 0 Å². The van der Waals surface area contributed by atoms with Gasteiger partial charge in [0.15, 0.2) is 0 Å². The molecule has 0 N–H and O–H groups in total. The number of ketones is 1. The molecule has 15 heavy (non-hydrogen) atoms. The van der Waals surface area contributed by atoms with Gasteiger partial charge in [-0.05, 0) is 45.2 Å². The lowest BCUT2D eigenvalue weighted by Crippen LogP contribution is -2.44. The molecule has 0 spiro atoms. The standard InChI is InChI=1S/C13H21NO/c1-10-6-5-7-12(13(10)11(2)15)14-8-3-4-9-14/h5,7,10,12-13H,3-4,6,8-9H2,1-2H3/t10-,12?,13-/m0/s1. The van der Waals surface area contributed by atoms with Crippen LogP contribution in [0.2, 0.25) is 0 Å². The first kappa shape index (κ1) is 10.9. The van der Waals surface area contributed by atoms with Crippen LogP contribution in [0.5, 0.6) is 0 Å². The van der Waals surface area contributed by atoms with E-state index in [0.717, 1.165) is 6.42 Å². The summed E-state index contributed by atoms with van der Waals surface area (Å²) >= 11 is 0.